The van der Waals surface area contributed by atoms with Crippen molar-refractivity contribution in [2.75, 3.05) is 0 Å². The summed E-state index contributed by atoms with van der Waals surface area (Å²) in [4.78, 5) is 16.5. The second-order valence-corrected chi connectivity index (χ2v) is 4.78. The Balaban J connectivity index is 2.11. The Hall–Kier alpha value is -2.34. The molecule has 0 atom stereocenters. The Kier molecular flexibility index (Phi) is 2.94. The molecule has 0 unspecified atom stereocenters. The first kappa shape index (κ1) is 12.7. The van der Waals surface area contributed by atoms with E-state index in [-0.39, 0.29) is 11.5 Å². The highest BCUT2D eigenvalue weighted by Crippen LogP contribution is 2.15. The molecule has 0 amide bonds. The summed E-state index contributed by atoms with van der Waals surface area (Å²) in [6.07, 6.45) is 0. The largest absolute Gasteiger partial charge is 0.287 e. The fraction of sp³-hybridized carbons (Fsp3) is 0.154. The van der Waals surface area contributed by atoms with Crippen LogP contribution in [0.1, 0.15) is 27.6 Å². The average Bonchev–Trinajstić information content (AvgIpc) is 2.81. The maximum Gasteiger partial charge on any atom is 0.272 e. The van der Waals surface area contributed by atoms with Gasteiger partial charge in [-0.15, -0.1) is 15.3 Å². The smallest absolute Gasteiger partial charge is 0.272 e. The fourth-order valence-corrected chi connectivity index (χ4v) is 2.03. The Labute approximate surface area is 119 Å². The molecule has 0 radical (unpaired) electrons. The lowest BCUT2D eigenvalue weighted by molar-refractivity contribution is 0.103. The first-order chi connectivity index (χ1) is 9.56. The summed E-state index contributed by atoms with van der Waals surface area (Å²) >= 11 is 5.81. The Bertz CT molecular complexity index is 809. The molecule has 0 aliphatic rings. The van der Waals surface area contributed by atoms with E-state index in [9.17, 15) is 4.79 Å². The summed E-state index contributed by atoms with van der Waals surface area (Å²) in [7, 11) is 0. The predicted octanol–water partition coefficient (Wildman–Crippen LogP) is 2.02. The van der Waals surface area contributed by atoms with Gasteiger partial charge in [0.05, 0.1) is 5.69 Å². The quantitative estimate of drug-likeness (QED) is 0.674. The third kappa shape index (κ3) is 2.04. The number of rotatable bonds is 2. The van der Waals surface area contributed by atoms with Crippen molar-refractivity contribution < 1.29 is 4.79 Å². The van der Waals surface area contributed by atoms with Gasteiger partial charge in [-0.3, -0.25) is 4.79 Å². The maximum atomic E-state index is 12.4. The molecular weight excluding hydrogens is 278 g/mol. The van der Waals surface area contributed by atoms with Gasteiger partial charge in [-0.25, -0.2) is 0 Å². The second kappa shape index (κ2) is 4.64. The zero-order chi connectivity index (χ0) is 14.3. The van der Waals surface area contributed by atoms with Crippen LogP contribution in [0.15, 0.2) is 24.3 Å². The third-order valence-corrected chi connectivity index (χ3v) is 3.17. The number of aryl methyl sites for hydroxylation is 2. The molecule has 7 heteroatoms. The topological polar surface area (TPSA) is 73.0 Å². The molecule has 2 aromatic heterocycles. The van der Waals surface area contributed by atoms with Crippen LogP contribution in [-0.2, 0) is 0 Å². The van der Waals surface area contributed by atoms with E-state index in [0.717, 1.165) is 0 Å². The number of halogens is 1. The van der Waals surface area contributed by atoms with E-state index in [4.69, 9.17) is 11.6 Å². The van der Waals surface area contributed by atoms with Gasteiger partial charge in [0, 0.05) is 10.6 Å². The van der Waals surface area contributed by atoms with Crippen molar-refractivity contribution in [2.45, 2.75) is 13.8 Å². The second-order valence-electron chi connectivity index (χ2n) is 4.34. The lowest BCUT2D eigenvalue weighted by Crippen LogP contribution is -2.12. The standard InChI is InChI=1S/C13H10ClN5O/c1-7-11(12(20)9-3-5-10(14)6-4-9)16-17-13-15-8(2)18-19(7)13/h3-6H,1-2H3. The van der Waals surface area contributed by atoms with Crippen molar-refractivity contribution in [3.8, 4) is 0 Å². The molecule has 0 bridgehead atoms. The first-order valence-corrected chi connectivity index (χ1v) is 6.31. The highest BCUT2D eigenvalue weighted by atomic mass is 35.5. The van der Waals surface area contributed by atoms with Gasteiger partial charge in [-0.2, -0.15) is 9.50 Å². The molecule has 20 heavy (non-hydrogen) atoms. The SMILES string of the molecule is Cc1nc2nnc(C(=O)c3ccc(Cl)cc3)c(C)n2n1. The van der Waals surface area contributed by atoms with E-state index < -0.39 is 0 Å². The van der Waals surface area contributed by atoms with E-state index in [0.29, 0.717) is 27.9 Å². The number of hydrogen-bond acceptors (Lipinski definition) is 5. The van der Waals surface area contributed by atoms with Gasteiger partial charge in [-0.05, 0) is 38.1 Å². The monoisotopic (exact) mass is 287 g/mol. The number of carbonyl (C=O) groups is 1. The summed E-state index contributed by atoms with van der Waals surface area (Å²) in [5.41, 5.74) is 1.36. The normalized spacial score (nSPS) is 10.9. The molecule has 0 saturated carbocycles. The molecule has 0 fully saturated rings. The van der Waals surface area contributed by atoms with Gasteiger partial charge in [0.2, 0.25) is 5.78 Å². The van der Waals surface area contributed by atoms with Gasteiger partial charge in [-0.1, -0.05) is 11.6 Å². The van der Waals surface area contributed by atoms with Crippen molar-refractivity contribution in [1.29, 1.82) is 0 Å². The van der Waals surface area contributed by atoms with Crippen molar-refractivity contribution in [2.24, 2.45) is 0 Å². The zero-order valence-electron chi connectivity index (χ0n) is 10.8. The van der Waals surface area contributed by atoms with Crippen LogP contribution in [0.3, 0.4) is 0 Å². The average molecular weight is 288 g/mol. The van der Waals surface area contributed by atoms with E-state index >= 15 is 0 Å². The minimum absolute atomic E-state index is 0.221. The van der Waals surface area contributed by atoms with Gasteiger partial charge in [0.25, 0.3) is 5.78 Å². The minimum atomic E-state index is -0.221. The van der Waals surface area contributed by atoms with E-state index in [1.807, 2.05) is 0 Å². The Morgan fingerprint density at radius 2 is 1.85 bits per heavy atom. The number of carbonyl (C=O) groups excluding carboxylic acids is 1. The lowest BCUT2D eigenvalue weighted by Gasteiger charge is -2.04. The van der Waals surface area contributed by atoms with Gasteiger partial charge >= 0.3 is 0 Å². The van der Waals surface area contributed by atoms with Crippen LogP contribution in [0.25, 0.3) is 5.78 Å². The lowest BCUT2D eigenvalue weighted by atomic mass is 10.1. The molecule has 3 aromatic rings. The summed E-state index contributed by atoms with van der Waals surface area (Å²) in [6.45, 7) is 3.52. The highest BCUT2D eigenvalue weighted by Gasteiger charge is 2.18. The van der Waals surface area contributed by atoms with Crippen LogP contribution in [0.4, 0.5) is 0 Å². The first-order valence-electron chi connectivity index (χ1n) is 5.93. The van der Waals surface area contributed by atoms with Crippen molar-refractivity contribution >= 4 is 23.2 Å². The molecule has 6 nitrogen and oxygen atoms in total. The number of benzene rings is 1. The van der Waals surface area contributed by atoms with E-state index in [1.165, 1.54) is 4.52 Å². The maximum absolute atomic E-state index is 12.4. The Morgan fingerprint density at radius 1 is 1.15 bits per heavy atom. The van der Waals surface area contributed by atoms with Crippen LogP contribution in [0, 0.1) is 13.8 Å². The number of nitrogens with zero attached hydrogens (tertiary/aromatic N) is 5. The van der Waals surface area contributed by atoms with Crippen LogP contribution in [0.5, 0.6) is 0 Å². The predicted molar refractivity (Wildman–Crippen MR) is 72.9 cm³/mol. The number of aromatic nitrogens is 5. The Morgan fingerprint density at radius 3 is 2.55 bits per heavy atom. The van der Waals surface area contributed by atoms with Crippen molar-refractivity contribution in [3.05, 3.63) is 52.1 Å². The molecule has 0 aliphatic heterocycles. The number of ketones is 1. The summed E-state index contributed by atoms with van der Waals surface area (Å²) in [5.74, 6) is 0.743. The molecule has 100 valence electrons. The summed E-state index contributed by atoms with van der Waals surface area (Å²) < 4.78 is 1.52. The summed E-state index contributed by atoms with van der Waals surface area (Å²) in [6, 6.07) is 6.64. The molecular formula is C13H10ClN5O. The van der Waals surface area contributed by atoms with Gasteiger partial charge < -0.3 is 0 Å². The van der Waals surface area contributed by atoms with E-state index in [1.54, 1.807) is 38.1 Å². The fourth-order valence-electron chi connectivity index (χ4n) is 1.91. The summed E-state index contributed by atoms with van der Waals surface area (Å²) in [5, 5.41) is 12.7. The number of fused-ring (bicyclic) bond motifs is 1. The van der Waals surface area contributed by atoms with Gasteiger partial charge in [0.1, 0.15) is 5.82 Å². The van der Waals surface area contributed by atoms with Crippen molar-refractivity contribution in [1.82, 2.24) is 24.8 Å². The molecule has 0 aliphatic carbocycles. The zero-order valence-corrected chi connectivity index (χ0v) is 11.6. The highest BCUT2D eigenvalue weighted by molar-refractivity contribution is 6.30. The molecule has 0 N–H and O–H groups in total. The molecule has 1 aromatic carbocycles. The van der Waals surface area contributed by atoms with Crippen LogP contribution >= 0.6 is 11.6 Å². The minimum Gasteiger partial charge on any atom is -0.287 e. The van der Waals surface area contributed by atoms with Crippen LogP contribution < -0.4 is 0 Å². The third-order valence-electron chi connectivity index (χ3n) is 2.92. The molecule has 0 spiro atoms. The van der Waals surface area contributed by atoms with E-state index in [2.05, 4.69) is 20.3 Å². The molecule has 2 heterocycles. The molecule has 3 rings (SSSR count). The van der Waals surface area contributed by atoms with Crippen molar-refractivity contribution in [3.63, 3.8) is 0 Å². The van der Waals surface area contributed by atoms with Crippen LogP contribution in [0.2, 0.25) is 5.02 Å². The van der Waals surface area contributed by atoms with Gasteiger partial charge in [0.15, 0.2) is 5.69 Å². The molecule has 0 saturated heterocycles. The number of hydrogen-bond donors (Lipinski definition) is 0. The van der Waals surface area contributed by atoms with Crippen LogP contribution in [-0.4, -0.2) is 30.6 Å².